The number of likely N-dealkylation sites (N-methyl/N-ethyl adjacent to an activating group) is 1. The molecule has 0 radical (unpaired) electrons. The van der Waals surface area contributed by atoms with E-state index in [2.05, 4.69) is 37.9 Å². The Balaban J connectivity index is 1.61. The molecule has 0 aromatic heterocycles. The minimum Gasteiger partial charge on any atom is -0.444 e. The van der Waals surface area contributed by atoms with Gasteiger partial charge in [-0.05, 0) is 88.5 Å². The van der Waals surface area contributed by atoms with E-state index in [0.29, 0.717) is 13.1 Å². The minimum atomic E-state index is -0.703. The molecule has 3 heterocycles. The van der Waals surface area contributed by atoms with Crippen molar-refractivity contribution in [1.82, 2.24) is 15.1 Å². The van der Waals surface area contributed by atoms with Gasteiger partial charge in [0.05, 0.1) is 16.7 Å². The zero-order valence-corrected chi connectivity index (χ0v) is 24.6. The van der Waals surface area contributed by atoms with Crippen molar-refractivity contribution in [2.45, 2.75) is 129 Å². The number of amides is 2. The minimum absolute atomic E-state index is 0.0487. The molecular formula is C27H48BN3O6. The third kappa shape index (κ3) is 6.01. The van der Waals surface area contributed by atoms with Crippen molar-refractivity contribution in [2.24, 2.45) is 5.92 Å². The zero-order chi connectivity index (χ0) is 28.0. The summed E-state index contributed by atoms with van der Waals surface area (Å²) in [6.07, 6.45) is 3.48. The number of ether oxygens (including phenoxy) is 1. The second kappa shape index (κ2) is 10.5. The standard InChI is InChI=1S/C27H48BN3O6/c1-18(29-23(34)35-24(3,4)5)22(33)31-16-13-20-21(31)17-30(10)27(20,19(2)32)14-11-12-15-28-36-25(6,7)26(8,9)37-28/h18,20-21H,11-17H2,1-10H3,(H,29,34)/t18-,20-,21-,27-/m0/s1. The maximum atomic E-state index is 13.3. The molecule has 9 nitrogen and oxygen atoms in total. The van der Waals surface area contributed by atoms with Gasteiger partial charge in [-0.25, -0.2) is 4.79 Å². The first-order chi connectivity index (χ1) is 16.9. The van der Waals surface area contributed by atoms with Crippen LogP contribution in [0, 0.1) is 5.92 Å². The average Bonchev–Trinajstić information content (AvgIpc) is 3.32. The number of fused-ring (bicyclic) bond motifs is 1. The largest absolute Gasteiger partial charge is 0.457 e. The van der Waals surface area contributed by atoms with Crippen LogP contribution in [0.5, 0.6) is 0 Å². The predicted octanol–water partition coefficient (Wildman–Crippen LogP) is 3.65. The molecule has 37 heavy (non-hydrogen) atoms. The molecule has 0 bridgehead atoms. The van der Waals surface area contributed by atoms with E-state index in [0.717, 1.165) is 32.0 Å². The summed E-state index contributed by atoms with van der Waals surface area (Å²) < 4.78 is 17.6. The van der Waals surface area contributed by atoms with Gasteiger partial charge in [0.2, 0.25) is 5.91 Å². The second-order valence-corrected chi connectivity index (χ2v) is 13.2. The first-order valence-corrected chi connectivity index (χ1v) is 13.8. The normalized spacial score (nSPS) is 29.8. The highest BCUT2D eigenvalue weighted by molar-refractivity contribution is 6.45. The van der Waals surface area contributed by atoms with E-state index in [4.69, 9.17) is 14.0 Å². The van der Waals surface area contributed by atoms with E-state index in [1.807, 2.05) is 11.9 Å². The van der Waals surface area contributed by atoms with Crippen LogP contribution in [0.4, 0.5) is 4.79 Å². The van der Waals surface area contributed by atoms with E-state index >= 15 is 0 Å². The Morgan fingerprint density at radius 1 is 1.11 bits per heavy atom. The second-order valence-electron chi connectivity index (χ2n) is 13.2. The summed E-state index contributed by atoms with van der Waals surface area (Å²) in [4.78, 5) is 42.7. The zero-order valence-electron chi connectivity index (χ0n) is 24.6. The molecule has 3 rings (SSSR count). The molecule has 210 valence electrons. The Bertz CT molecular complexity index is 872. The van der Waals surface area contributed by atoms with E-state index in [-0.39, 0.29) is 42.0 Å². The molecule has 0 aromatic carbocycles. The van der Waals surface area contributed by atoms with Crippen LogP contribution in [-0.4, -0.2) is 89.3 Å². The molecule has 0 aromatic rings. The lowest BCUT2D eigenvalue weighted by Gasteiger charge is -2.38. The molecule has 2 amide bonds. The molecule has 1 N–H and O–H groups in total. The number of hydrogen-bond donors (Lipinski definition) is 1. The summed E-state index contributed by atoms with van der Waals surface area (Å²) >= 11 is 0. The lowest BCUT2D eigenvalue weighted by Crippen LogP contribution is -2.52. The lowest BCUT2D eigenvalue weighted by molar-refractivity contribution is -0.134. The van der Waals surface area contributed by atoms with Gasteiger partial charge in [0.25, 0.3) is 0 Å². The Kier molecular flexibility index (Phi) is 8.48. The summed E-state index contributed by atoms with van der Waals surface area (Å²) in [6.45, 7) is 18.2. The highest BCUT2D eigenvalue weighted by atomic mass is 16.7. The molecule has 10 heteroatoms. The van der Waals surface area contributed by atoms with Crippen molar-refractivity contribution in [3.63, 3.8) is 0 Å². The molecule has 0 aliphatic carbocycles. The lowest BCUT2D eigenvalue weighted by atomic mass is 9.74. The van der Waals surface area contributed by atoms with Crippen LogP contribution < -0.4 is 5.32 Å². The SMILES string of the molecule is CC(=O)[C@@]1(CCCCB2OC(C)(C)C(C)(C)O2)[C@H]2CCN(C(=O)[C@H](C)NC(=O)OC(C)(C)C)[C@H]2CN1C. The summed E-state index contributed by atoms with van der Waals surface area (Å²) in [6, 6.07) is -0.751. The Morgan fingerprint density at radius 2 is 1.70 bits per heavy atom. The fourth-order valence-corrected chi connectivity index (χ4v) is 6.30. The van der Waals surface area contributed by atoms with Crippen molar-refractivity contribution in [3.05, 3.63) is 0 Å². The van der Waals surface area contributed by atoms with Gasteiger partial charge in [-0.2, -0.15) is 0 Å². The van der Waals surface area contributed by atoms with Crippen molar-refractivity contribution in [1.29, 1.82) is 0 Å². The maximum absolute atomic E-state index is 13.3. The van der Waals surface area contributed by atoms with E-state index in [9.17, 15) is 14.4 Å². The number of carbonyl (C=O) groups excluding carboxylic acids is 3. The first kappa shape index (κ1) is 29.9. The highest BCUT2D eigenvalue weighted by Crippen LogP contribution is 2.47. The van der Waals surface area contributed by atoms with Crippen LogP contribution >= 0.6 is 0 Å². The van der Waals surface area contributed by atoms with Gasteiger partial charge in [-0.3, -0.25) is 14.5 Å². The number of likely N-dealkylation sites (tertiary alicyclic amines) is 2. The molecule has 3 aliphatic rings. The Hall–Kier alpha value is -1.65. The predicted molar refractivity (Wildman–Crippen MR) is 143 cm³/mol. The number of nitrogens with zero attached hydrogens (tertiary/aromatic N) is 2. The van der Waals surface area contributed by atoms with Crippen molar-refractivity contribution < 1.29 is 28.4 Å². The third-order valence-electron chi connectivity index (χ3n) is 8.85. The number of unbranched alkanes of at least 4 members (excludes halogenated alkanes) is 1. The summed E-state index contributed by atoms with van der Waals surface area (Å²) in [5.41, 5.74) is -1.90. The highest BCUT2D eigenvalue weighted by Gasteiger charge is 2.59. The van der Waals surface area contributed by atoms with Gasteiger partial charge in [0.1, 0.15) is 17.4 Å². The number of nitrogens with one attached hydrogen (secondary N) is 1. The molecule has 3 aliphatic heterocycles. The molecule has 0 saturated carbocycles. The van der Waals surface area contributed by atoms with Crippen molar-refractivity contribution in [2.75, 3.05) is 20.1 Å². The molecule has 3 fully saturated rings. The number of rotatable bonds is 8. The summed E-state index contributed by atoms with van der Waals surface area (Å²) in [5.74, 6) is 0.101. The van der Waals surface area contributed by atoms with Crippen molar-refractivity contribution >= 4 is 24.9 Å². The van der Waals surface area contributed by atoms with Crippen LogP contribution in [-0.2, 0) is 23.6 Å². The summed E-state index contributed by atoms with van der Waals surface area (Å²) in [5, 5.41) is 2.67. The van der Waals surface area contributed by atoms with Gasteiger partial charge in [0.15, 0.2) is 0 Å². The van der Waals surface area contributed by atoms with Crippen LogP contribution in [0.1, 0.15) is 88.0 Å². The molecule has 4 atom stereocenters. The maximum Gasteiger partial charge on any atom is 0.457 e. The fourth-order valence-electron chi connectivity index (χ4n) is 6.30. The van der Waals surface area contributed by atoms with Gasteiger partial charge in [-0.15, -0.1) is 0 Å². The van der Waals surface area contributed by atoms with Crippen LogP contribution in [0.15, 0.2) is 0 Å². The number of alkyl carbamates (subject to hydrolysis) is 1. The quantitative estimate of drug-likeness (QED) is 0.385. The first-order valence-electron chi connectivity index (χ1n) is 13.8. The number of carbonyl (C=O) groups is 3. The smallest absolute Gasteiger partial charge is 0.444 e. The van der Waals surface area contributed by atoms with Crippen LogP contribution in [0.25, 0.3) is 0 Å². The molecule has 3 saturated heterocycles. The average molecular weight is 522 g/mol. The third-order valence-corrected chi connectivity index (χ3v) is 8.85. The van der Waals surface area contributed by atoms with Gasteiger partial charge >= 0.3 is 13.2 Å². The Morgan fingerprint density at radius 3 is 2.24 bits per heavy atom. The number of hydrogen-bond acceptors (Lipinski definition) is 7. The number of Topliss-reactive ketones (excluding diaryl/α,β-unsaturated/α-hetero) is 1. The van der Waals surface area contributed by atoms with Gasteiger partial charge < -0.3 is 24.3 Å². The van der Waals surface area contributed by atoms with E-state index < -0.39 is 23.3 Å². The molecular weight excluding hydrogens is 473 g/mol. The van der Waals surface area contributed by atoms with Gasteiger partial charge in [-0.1, -0.05) is 12.8 Å². The van der Waals surface area contributed by atoms with Crippen LogP contribution in [0.2, 0.25) is 6.32 Å². The molecule has 0 spiro atoms. The van der Waals surface area contributed by atoms with E-state index in [1.54, 1.807) is 34.6 Å². The van der Waals surface area contributed by atoms with Crippen LogP contribution in [0.3, 0.4) is 0 Å². The number of ketones is 1. The monoisotopic (exact) mass is 521 g/mol. The topological polar surface area (TPSA) is 97.4 Å². The molecule has 0 unspecified atom stereocenters. The Labute approximate surface area is 223 Å². The summed E-state index contributed by atoms with van der Waals surface area (Å²) in [7, 11) is 1.77. The van der Waals surface area contributed by atoms with E-state index in [1.165, 1.54) is 0 Å². The fraction of sp³-hybridized carbons (Fsp3) is 0.889. The van der Waals surface area contributed by atoms with Gasteiger partial charge in [0, 0.05) is 25.0 Å². The van der Waals surface area contributed by atoms with Crippen molar-refractivity contribution in [3.8, 4) is 0 Å².